The fourth-order valence-electron chi connectivity index (χ4n) is 3.49. The van der Waals surface area contributed by atoms with Crippen molar-refractivity contribution < 1.29 is 4.74 Å². The molecule has 1 aliphatic rings. The van der Waals surface area contributed by atoms with Crippen molar-refractivity contribution in [1.29, 1.82) is 0 Å². The number of aryl methyl sites for hydroxylation is 2. The molecule has 0 saturated carbocycles. The molecule has 7 nitrogen and oxygen atoms in total. The monoisotopic (exact) mass is 390 g/mol. The van der Waals surface area contributed by atoms with Crippen LogP contribution in [0.1, 0.15) is 11.1 Å². The van der Waals surface area contributed by atoms with Gasteiger partial charge in [-0.1, -0.05) is 18.2 Å². The van der Waals surface area contributed by atoms with E-state index in [0.717, 1.165) is 43.3 Å². The summed E-state index contributed by atoms with van der Waals surface area (Å²) < 4.78 is 5.50. The highest BCUT2D eigenvalue weighted by Crippen LogP contribution is 2.29. The second-order valence-corrected chi connectivity index (χ2v) is 7.21. The number of benzene rings is 2. The molecule has 2 aromatic carbocycles. The summed E-state index contributed by atoms with van der Waals surface area (Å²) in [7, 11) is 1.71. The van der Waals surface area contributed by atoms with Crippen LogP contribution in [-0.4, -0.2) is 48.5 Å². The summed E-state index contributed by atoms with van der Waals surface area (Å²) in [6, 6.07) is 14.4. The van der Waals surface area contributed by atoms with Crippen LogP contribution in [0, 0.1) is 13.8 Å². The maximum atomic E-state index is 5.50. The third-order valence-corrected chi connectivity index (χ3v) is 5.32. The number of ether oxygens (including phenoxy) is 1. The molecule has 4 rings (SSSR count). The van der Waals surface area contributed by atoms with E-state index in [1.807, 2.05) is 18.2 Å². The fourth-order valence-corrected chi connectivity index (χ4v) is 3.49. The summed E-state index contributed by atoms with van der Waals surface area (Å²) in [4.78, 5) is 9.18. The predicted molar refractivity (Wildman–Crippen MR) is 116 cm³/mol. The summed E-state index contributed by atoms with van der Waals surface area (Å²) in [5.74, 6) is 2.25. The van der Waals surface area contributed by atoms with Crippen molar-refractivity contribution in [1.82, 2.24) is 15.2 Å². The lowest BCUT2D eigenvalue weighted by Gasteiger charge is -2.36. The van der Waals surface area contributed by atoms with Gasteiger partial charge < -0.3 is 19.9 Å². The van der Waals surface area contributed by atoms with Gasteiger partial charge in [0.05, 0.1) is 19.0 Å². The Bertz CT molecular complexity index is 985. The molecule has 2 heterocycles. The van der Waals surface area contributed by atoms with Gasteiger partial charge in [-0.05, 0) is 49.2 Å². The Morgan fingerprint density at radius 1 is 0.931 bits per heavy atom. The van der Waals surface area contributed by atoms with Crippen LogP contribution in [-0.2, 0) is 0 Å². The summed E-state index contributed by atoms with van der Waals surface area (Å²) in [6.07, 6.45) is 1.66. The normalized spacial score (nSPS) is 14.0. The summed E-state index contributed by atoms with van der Waals surface area (Å²) in [5.41, 5.74) is 4.63. The number of methoxy groups -OCH3 is 1. The van der Waals surface area contributed by atoms with Crippen LogP contribution in [0.15, 0.2) is 48.7 Å². The SMILES string of the molecule is COc1ccccc1N1CCN(c2nncc(Nc3ccc(C)c(C)c3)n2)CC1. The van der Waals surface area contributed by atoms with E-state index in [9.17, 15) is 0 Å². The van der Waals surface area contributed by atoms with Crippen LogP contribution in [0.3, 0.4) is 0 Å². The maximum Gasteiger partial charge on any atom is 0.247 e. The molecular weight excluding hydrogens is 364 g/mol. The number of nitrogens with one attached hydrogen (secondary N) is 1. The van der Waals surface area contributed by atoms with Crippen molar-refractivity contribution >= 4 is 23.1 Å². The van der Waals surface area contributed by atoms with Gasteiger partial charge in [-0.3, -0.25) is 0 Å². The van der Waals surface area contributed by atoms with Gasteiger partial charge in [0.25, 0.3) is 0 Å². The zero-order valence-corrected chi connectivity index (χ0v) is 17.1. The van der Waals surface area contributed by atoms with Crippen molar-refractivity contribution in [3.8, 4) is 5.75 Å². The Kier molecular flexibility index (Phi) is 5.46. The molecule has 1 aliphatic heterocycles. The molecule has 0 spiro atoms. The van der Waals surface area contributed by atoms with Gasteiger partial charge >= 0.3 is 0 Å². The average Bonchev–Trinajstić information content (AvgIpc) is 2.76. The first-order valence-electron chi connectivity index (χ1n) is 9.81. The second-order valence-electron chi connectivity index (χ2n) is 7.21. The maximum absolute atomic E-state index is 5.50. The molecule has 0 atom stereocenters. The van der Waals surface area contributed by atoms with Crippen molar-refractivity contribution in [2.75, 3.05) is 48.4 Å². The Balaban J connectivity index is 1.43. The third-order valence-electron chi connectivity index (χ3n) is 5.32. The molecule has 0 radical (unpaired) electrons. The zero-order valence-electron chi connectivity index (χ0n) is 17.1. The number of nitrogens with zero attached hydrogens (tertiary/aromatic N) is 5. The Morgan fingerprint density at radius 3 is 2.45 bits per heavy atom. The first-order valence-corrected chi connectivity index (χ1v) is 9.81. The van der Waals surface area contributed by atoms with E-state index in [0.29, 0.717) is 11.8 Å². The van der Waals surface area contributed by atoms with Gasteiger partial charge in [-0.15, -0.1) is 5.10 Å². The van der Waals surface area contributed by atoms with Crippen LogP contribution < -0.4 is 19.9 Å². The number of hydrogen-bond acceptors (Lipinski definition) is 7. The lowest BCUT2D eigenvalue weighted by molar-refractivity contribution is 0.413. The molecule has 7 heteroatoms. The number of piperazine rings is 1. The molecular formula is C22H26N6O. The zero-order chi connectivity index (χ0) is 20.2. The third kappa shape index (κ3) is 4.23. The number of rotatable bonds is 5. The summed E-state index contributed by atoms with van der Waals surface area (Å²) in [6.45, 7) is 7.61. The van der Waals surface area contributed by atoms with E-state index in [4.69, 9.17) is 4.74 Å². The van der Waals surface area contributed by atoms with E-state index in [1.54, 1.807) is 13.3 Å². The highest BCUT2D eigenvalue weighted by atomic mass is 16.5. The molecule has 29 heavy (non-hydrogen) atoms. The fraction of sp³-hybridized carbons (Fsp3) is 0.318. The van der Waals surface area contributed by atoms with Gasteiger partial charge in [0.15, 0.2) is 5.82 Å². The molecule has 0 aliphatic carbocycles. The van der Waals surface area contributed by atoms with Crippen molar-refractivity contribution in [3.63, 3.8) is 0 Å². The van der Waals surface area contributed by atoms with Crippen LogP contribution in [0.25, 0.3) is 0 Å². The quantitative estimate of drug-likeness (QED) is 0.714. The molecule has 1 aromatic heterocycles. The van der Waals surface area contributed by atoms with E-state index in [1.165, 1.54) is 11.1 Å². The largest absolute Gasteiger partial charge is 0.495 e. The first kappa shape index (κ1) is 19.0. The lowest BCUT2D eigenvalue weighted by atomic mass is 10.1. The van der Waals surface area contributed by atoms with Crippen LogP contribution in [0.4, 0.5) is 23.1 Å². The highest BCUT2D eigenvalue weighted by molar-refractivity contribution is 5.60. The molecule has 3 aromatic rings. The summed E-state index contributed by atoms with van der Waals surface area (Å²) in [5, 5.41) is 11.7. The molecule has 0 bridgehead atoms. The van der Waals surface area contributed by atoms with E-state index in [2.05, 4.69) is 68.4 Å². The van der Waals surface area contributed by atoms with Gasteiger partial charge in [0.2, 0.25) is 5.95 Å². The van der Waals surface area contributed by atoms with Crippen LogP contribution in [0.5, 0.6) is 5.75 Å². The molecule has 1 N–H and O–H groups in total. The molecule has 1 saturated heterocycles. The summed E-state index contributed by atoms with van der Waals surface area (Å²) >= 11 is 0. The van der Waals surface area contributed by atoms with Gasteiger partial charge in [0, 0.05) is 31.9 Å². The Labute approximate surface area is 171 Å². The van der Waals surface area contributed by atoms with Gasteiger partial charge in [-0.25, -0.2) is 0 Å². The van der Waals surface area contributed by atoms with Crippen molar-refractivity contribution in [2.24, 2.45) is 0 Å². The Hall–Kier alpha value is -3.35. The second kappa shape index (κ2) is 8.34. The van der Waals surface area contributed by atoms with Gasteiger partial charge in [-0.2, -0.15) is 10.1 Å². The number of anilines is 4. The number of hydrogen-bond donors (Lipinski definition) is 1. The lowest BCUT2D eigenvalue weighted by Crippen LogP contribution is -2.47. The van der Waals surface area contributed by atoms with E-state index < -0.39 is 0 Å². The number of aromatic nitrogens is 3. The average molecular weight is 390 g/mol. The highest BCUT2D eigenvalue weighted by Gasteiger charge is 2.21. The van der Waals surface area contributed by atoms with Gasteiger partial charge in [0.1, 0.15) is 5.75 Å². The van der Waals surface area contributed by atoms with Crippen LogP contribution in [0.2, 0.25) is 0 Å². The molecule has 150 valence electrons. The minimum absolute atomic E-state index is 0.651. The van der Waals surface area contributed by atoms with E-state index >= 15 is 0 Å². The smallest absolute Gasteiger partial charge is 0.247 e. The Morgan fingerprint density at radius 2 is 1.69 bits per heavy atom. The van der Waals surface area contributed by atoms with Crippen molar-refractivity contribution in [3.05, 3.63) is 59.8 Å². The van der Waals surface area contributed by atoms with E-state index in [-0.39, 0.29) is 0 Å². The minimum Gasteiger partial charge on any atom is -0.495 e. The topological polar surface area (TPSA) is 66.4 Å². The first-order chi connectivity index (χ1) is 14.1. The number of para-hydroxylation sites is 2. The molecule has 1 fully saturated rings. The predicted octanol–water partition coefficient (Wildman–Crippen LogP) is 3.57. The minimum atomic E-state index is 0.651. The van der Waals surface area contributed by atoms with Crippen LogP contribution >= 0.6 is 0 Å². The standard InChI is InChI=1S/C22H26N6O/c1-16-8-9-18(14-17(16)2)24-21-15-23-26-22(25-21)28-12-10-27(11-13-28)19-6-4-5-7-20(19)29-3/h4-9,14-15H,10-13H2,1-3H3,(H,24,25,26). The molecule has 0 amide bonds. The molecule has 0 unspecified atom stereocenters. The van der Waals surface area contributed by atoms with Crippen molar-refractivity contribution in [2.45, 2.75) is 13.8 Å².